The minimum absolute atomic E-state index is 0.0755. The number of rotatable bonds is 12. The molecule has 1 N–H and O–H groups in total. The topological polar surface area (TPSA) is 50.7 Å². The Morgan fingerprint density at radius 1 is 1.05 bits per heavy atom. The minimum atomic E-state index is -2.84. The lowest BCUT2D eigenvalue weighted by molar-refractivity contribution is -0.0498. The Labute approximate surface area is 261 Å². The van der Waals surface area contributed by atoms with E-state index in [-0.39, 0.29) is 17.5 Å². The number of aryl methyl sites for hydroxylation is 1. The number of nitrogens with one attached hydrogen (secondary N) is 1. The van der Waals surface area contributed by atoms with Crippen LogP contribution in [0.1, 0.15) is 105 Å². The van der Waals surface area contributed by atoms with Crippen LogP contribution in [0.4, 0.5) is 14.5 Å². The molecule has 1 heterocycles. The summed E-state index contributed by atoms with van der Waals surface area (Å²) in [5, 5.41) is 3.57. The lowest BCUT2D eigenvalue weighted by Crippen LogP contribution is -2.21. The number of carbonyl (C=O) groups excluding carboxylic acids is 1. The highest BCUT2D eigenvalue weighted by atomic mass is 19.3. The number of allylic oxidation sites excluding steroid dienone is 5. The van der Waals surface area contributed by atoms with E-state index in [0.29, 0.717) is 12.3 Å². The van der Waals surface area contributed by atoms with E-state index in [4.69, 9.17) is 4.99 Å². The van der Waals surface area contributed by atoms with Crippen molar-refractivity contribution < 1.29 is 18.3 Å². The van der Waals surface area contributed by atoms with Crippen molar-refractivity contribution in [3.63, 3.8) is 0 Å². The third-order valence-electron chi connectivity index (χ3n) is 9.38. The number of ether oxygens (including phenoxy) is 1. The Hall–Kier alpha value is -3.54. The maximum atomic E-state index is 13.3. The van der Waals surface area contributed by atoms with Crippen molar-refractivity contribution in [1.29, 1.82) is 0 Å². The number of anilines is 1. The second kappa shape index (κ2) is 15.5. The van der Waals surface area contributed by atoms with Gasteiger partial charge in [0.1, 0.15) is 5.75 Å². The molecule has 2 aromatic rings. The van der Waals surface area contributed by atoms with E-state index in [9.17, 15) is 13.6 Å². The van der Waals surface area contributed by atoms with Crippen LogP contribution < -0.4 is 10.1 Å². The molecule has 0 spiro atoms. The fourth-order valence-electron chi connectivity index (χ4n) is 6.98. The zero-order valence-corrected chi connectivity index (χ0v) is 26.2. The molecule has 3 aliphatic rings. The molecule has 2 aliphatic carbocycles. The van der Waals surface area contributed by atoms with E-state index in [2.05, 4.69) is 29.1 Å². The summed E-state index contributed by atoms with van der Waals surface area (Å²) < 4.78 is 29.7. The molecule has 234 valence electrons. The monoisotopic (exact) mass is 600 g/mol. The van der Waals surface area contributed by atoms with Gasteiger partial charge in [0.15, 0.2) is 5.78 Å². The summed E-state index contributed by atoms with van der Waals surface area (Å²) in [6.07, 6.45) is 22.6. The summed E-state index contributed by atoms with van der Waals surface area (Å²) in [5.74, 6) is 1.72. The highest BCUT2D eigenvalue weighted by Gasteiger charge is 2.29. The average molecular weight is 601 g/mol. The molecular weight excluding hydrogens is 554 g/mol. The van der Waals surface area contributed by atoms with Gasteiger partial charge in [-0.15, -0.1) is 0 Å². The first-order valence-corrected chi connectivity index (χ1v) is 16.5. The number of Topliss-reactive ketones (excluding diaryl/α,β-unsaturated/α-hetero) is 1. The number of aliphatic imine (C=N–C) groups is 1. The van der Waals surface area contributed by atoms with Crippen molar-refractivity contribution in [1.82, 2.24) is 0 Å². The second-order valence-corrected chi connectivity index (χ2v) is 12.8. The van der Waals surface area contributed by atoms with Crippen molar-refractivity contribution in [2.45, 2.75) is 97.5 Å². The molecule has 6 heteroatoms. The number of nitrogens with zero attached hydrogens (tertiary/aromatic N) is 1. The number of alkyl halides is 2. The Balaban J connectivity index is 1.18. The number of hydrogen-bond donors (Lipinski definition) is 1. The van der Waals surface area contributed by atoms with E-state index in [0.717, 1.165) is 64.5 Å². The minimum Gasteiger partial charge on any atom is -0.435 e. The quantitative estimate of drug-likeness (QED) is 0.195. The summed E-state index contributed by atoms with van der Waals surface area (Å²) in [6, 6.07) is 12.8. The molecule has 5 rings (SSSR count). The Morgan fingerprint density at radius 2 is 1.82 bits per heavy atom. The van der Waals surface area contributed by atoms with E-state index < -0.39 is 6.61 Å². The standard InChI is InChI=1S/C38H46F2N2O2/c1-26(11-10-14-28-12-6-3-4-7-13-28)23-36(43)32-22-19-30(24-27(32)2)42-35-16-9-5-8-15-33-34(25-41-37(33)35)29-17-20-31(21-18-29)44-38(39)40/h5,9,16-22,24-26,28,33,38,42H,3-4,6-8,10-15,23H2,1-2H3/b9-5-,35-16+. The van der Waals surface area contributed by atoms with Crippen LogP contribution >= 0.6 is 0 Å². The van der Waals surface area contributed by atoms with Crippen LogP contribution in [0.2, 0.25) is 0 Å². The highest BCUT2D eigenvalue weighted by Crippen LogP contribution is 2.37. The first-order valence-electron chi connectivity index (χ1n) is 16.5. The molecule has 2 unspecified atom stereocenters. The van der Waals surface area contributed by atoms with Crippen LogP contribution in [-0.2, 0) is 0 Å². The number of halogens is 2. The molecule has 0 radical (unpaired) electrons. The van der Waals surface area contributed by atoms with Gasteiger partial charge in [0.25, 0.3) is 0 Å². The largest absolute Gasteiger partial charge is 0.435 e. The van der Waals surface area contributed by atoms with E-state index in [1.54, 1.807) is 12.1 Å². The van der Waals surface area contributed by atoms with Gasteiger partial charge < -0.3 is 10.1 Å². The van der Waals surface area contributed by atoms with Crippen LogP contribution in [0.5, 0.6) is 5.75 Å². The first-order chi connectivity index (χ1) is 21.4. The van der Waals surface area contributed by atoms with Crippen LogP contribution in [0.25, 0.3) is 5.57 Å². The lowest BCUT2D eigenvalue weighted by atomic mass is 9.85. The van der Waals surface area contributed by atoms with E-state index >= 15 is 0 Å². The van der Waals surface area contributed by atoms with E-state index in [1.165, 1.54) is 51.4 Å². The van der Waals surface area contributed by atoms with Gasteiger partial charge in [0.2, 0.25) is 0 Å². The van der Waals surface area contributed by atoms with Crippen LogP contribution in [0.3, 0.4) is 0 Å². The zero-order valence-electron chi connectivity index (χ0n) is 26.2. The molecular formula is C38H46F2N2O2. The number of fused-ring (bicyclic) bond motifs is 1. The fourth-order valence-corrected chi connectivity index (χ4v) is 6.98. The molecule has 2 aromatic carbocycles. The summed E-state index contributed by atoms with van der Waals surface area (Å²) >= 11 is 0. The third kappa shape index (κ3) is 8.55. The molecule has 0 aromatic heterocycles. The van der Waals surface area contributed by atoms with Crippen molar-refractivity contribution >= 4 is 22.8 Å². The lowest BCUT2D eigenvalue weighted by Gasteiger charge is -2.22. The molecule has 0 bridgehead atoms. The molecule has 0 saturated heterocycles. The third-order valence-corrected chi connectivity index (χ3v) is 9.38. The van der Waals surface area contributed by atoms with Crippen molar-refractivity contribution in [3.05, 3.63) is 89.3 Å². The summed E-state index contributed by atoms with van der Waals surface area (Å²) in [6.45, 7) is 1.39. The smallest absolute Gasteiger partial charge is 0.387 e. The summed E-state index contributed by atoms with van der Waals surface area (Å²) in [5.41, 5.74) is 6.56. The summed E-state index contributed by atoms with van der Waals surface area (Å²) in [4.78, 5) is 18.1. The Morgan fingerprint density at radius 3 is 2.55 bits per heavy atom. The SMILES string of the molecule is Cc1cc(N/C2=C/C=C\CCC3C(c4ccc(OC(F)F)cc4)=CN=C23)ccc1C(=O)CC(C)CCCC1CCCCCC1. The maximum Gasteiger partial charge on any atom is 0.387 e. The van der Waals surface area contributed by atoms with Gasteiger partial charge in [-0.3, -0.25) is 9.79 Å². The number of hydrogen-bond acceptors (Lipinski definition) is 4. The molecule has 1 fully saturated rings. The molecule has 4 nitrogen and oxygen atoms in total. The Bertz CT molecular complexity index is 1400. The van der Waals surface area contributed by atoms with Gasteiger partial charge in [0, 0.05) is 29.8 Å². The molecule has 1 aliphatic heterocycles. The van der Waals surface area contributed by atoms with Crippen molar-refractivity contribution in [2.24, 2.45) is 22.7 Å². The van der Waals surface area contributed by atoms with Crippen molar-refractivity contribution in [3.8, 4) is 5.75 Å². The van der Waals surface area contributed by atoms with E-state index in [1.807, 2.05) is 49.5 Å². The highest BCUT2D eigenvalue weighted by molar-refractivity contribution is 6.12. The summed E-state index contributed by atoms with van der Waals surface area (Å²) in [7, 11) is 0. The molecule has 44 heavy (non-hydrogen) atoms. The van der Waals surface area contributed by atoms with Gasteiger partial charge >= 0.3 is 6.61 Å². The molecule has 0 amide bonds. The molecule has 2 atom stereocenters. The predicted octanol–water partition coefficient (Wildman–Crippen LogP) is 10.7. The van der Waals surface area contributed by atoms with Crippen LogP contribution in [0.15, 0.2) is 77.6 Å². The van der Waals surface area contributed by atoms with Crippen LogP contribution in [-0.4, -0.2) is 18.1 Å². The van der Waals surface area contributed by atoms with Gasteiger partial charge in [-0.05, 0) is 84.7 Å². The predicted molar refractivity (Wildman–Crippen MR) is 176 cm³/mol. The number of carbonyl (C=O) groups is 1. The first kappa shape index (κ1) is 31.9. The average Bonchev–Trinajstić information content (AvgIpc) is 3.20. The van der Waals surface area contributed by atoms with Gasteiger partial charge in [-0.25, -0.2) is 0 Å². The molecule has 1 saturated carbocycles. The zero-order chi connectivity index (χ0) is 30.9. The van der Waals surface area contributed by atoms with Gasteiger partial charge in [0.05, 0.1) is 11.4 Å². The number of ketones is 1. The maximum absolute atomic E-state index is 13.3. The Kier molecular flexibility index (Phi) is 11.2. The fraction of sp³-hybridized carbons (Fsp3) is 0.474. The van der Waals surface area contributed by atoms with Crippen LogP contribution in [0, 0.1) is 24.7 Å². The van der Waals surface area contributed by atoms with Crippen molar-refractivity contribution in [2.75, 3.05) is 5.32 Å². The normalized spacial score (nSPS) is 21.6. The van der Waals surface area contributed by atoms with Gasteiger partial charge in [-0.1, -0.05) is 89.0 Å². The second-order valence-electron chi connectivity index (χ2n) is 12.8. The number of benzene rings is 2. The van der Waals surface area contributed by atoms with Gasteiger partial charge in [-0.2, -0.15) is 8.78 Å².